The highest BCUT2D eigenvalue weighted by Gasteiger charge is 2.35. The predicted molar refractivity (Wildman–Crippen MR) is 117 cm³/mol. The van der Waals surface area contributed by atoms with Gasteiger partial charge in [0.15, 0.2) is 0 Å². The van der Waals surface area contributed by atoms with E-state index in [0.717, 1.165) is 17.6 Å². The van der Waals surface area contributed by atoms with E-state index in [2.05, 4.69) is 5.32 Å². The van der Waals surface area contributed by atoms with Crippen LogP contribution in [0.2, 0.25) is 0 Å². The first-order chi connectivity index (χ1) is 14.0. The van der Waals surface area contributed by atoms with Gasteiger partial charge in [-0.25, -0.2) is 8.42 Å². The maximum Gasteiger partial charge on any atom is 0.251 e. The second-order valence-corrected chi connectivity index (χ2v) is 9.88. The maximum atomic E-state index is 12.9. The van der Waals surface area contributed by atoms with Gasteiger partial charge in [0.1, 0.15) is 17.1 Å². The molecule has 8 heteroatoms. The molecule has 1 N–H and O–H groups in total. The Bertz CT molecular complexity index is 1030. The van der Waals surface area contributed by atoms with Crippen molar-refractivity contribution in [2.75, 3.05) is 24.2 Å². The van der Waals surface area contributed by atoms with Gasteiger partial charge in [0.25, 0.3) is 5.91 Å². The molecular weight excluding hydrogens is 404 g/mol. The van der Waals surface area contributed by atoms with Crippen LogP contribution < -0.4 is 19.1 Å². The van der Waals surface area contributed by atoms with Crippen molar-refractivity contribution >= 4 is 21.6 Å². The number of hydrogen-bond donors (Lipinski definition) is 1. The van der Waals surface area contributed by atoms with Crippen LogP contribution in [0.3, 0.4) is 0 Å². The summed E-state index contributed by atoms with van der Waals surface area (Å²) in [4.78, 5) is 12.9. The summed E-state index contributed by atoms with van der Waals surface area (Å²) in [7, 11) is -1.77. The zero-order chi connectivity index (χ0) is 22.1. The first kappa shape index (κ1) is 22.0. The van der Waals surface area contributed by atoms with E-state index in [1.807, 2.05) is 32.0 Å². The molecule has 0 spiro atoms. The van der Waals surface area contributed by atoms with E-state index in [4.69, 9.17) is 9.47 Å². The highest BCUT2D eigenvalue weighted by Crippen LogP contribution is 2.41. The van der Waals surface area contributed by atoms with Crippen LogP contribution in [0.25, 0.3) is 0 Å². The minimum absolute atomic E-state index is 0.236. The van der Waals surface area contributed by atoms with Crippen molar-refractivity contribution in [1.29, 1.82) is 0 Å². The lowest BCUT2D eigenvalue weighted by atomic mass is 9.89. The number of ether oxygens (including phenoxy) is 2. The summed E-state index contributed by atoms with van der Waals surface area (Å²) in [6.45, 7) is 6.05. The maximum absolute atomic E-state index is 12.9. The molecule has 2 aromatic carbocycles. The van der Waals surface area contributed by atoms with Gasteiger partial charge in [-0.15, -0.1) is 0 Å². The molecule has 0 unspecified atom stereocenters. The van der Waals surface area contributed by atoms with E-state index in [1.165, 1.54) is 4.31 Å². The van der Waals surface area contributed by atoms with E-state index in [1.54, 1.807) is 38.3 Å². The molecule has 0 aromatic heterocycles. The highest BCUT2D eigenvalue weighted by atomic mass is 32.2. The van der Waals surface area contributed by atoms with Crippen molar-refractivity contribution in [3.63, 3.8) is 0 Å². The SMILES string of the molecule is CCN(c1ccc(C(=O)N[C@H]2CC(C)(C)Oc3ccc(OC)cc32)cc1)S(C)(=O)=O. The number of sulfonamides is 1. The first-order valence-electron chi connectivity index (χ1n) is 9.79. The predicted octanol–water partition coefficient (Wildman–Crippen LogP) is 3.51. The van der Waals surface area contributed by atoms with Gasteiger partial charge in [0, 0.05) is 24.1 Å². The van der Waals surface area contributed by atoms with Crippen molar-refractivity contribution in [3.05, 3.63) is 53.6 Å². The summed E-state index contributed by atoms with van der Waals surface area (Å²) in [5.74, 6) is 1.18. The number of anilines is 1. The van der Waals surface area contributed by atoms with Gasteiger partial charge in [-0.1, -0.05) is 0 Å². The summed E-state index contributed by atoms with van der Waals surface area (Å²) in [5.41, 5.74) is 1.42. The van der Waals surface area contributed by atoms with Gasteiger partial charge in [-0.2, -0.15) is 0 Å². The number of benzene rings is 2. The molecule has 162 valence electrons. The Balaban J connectivity index is 1.84. The molecule has 0 fully saturated rings. The van der Waals surface area contributed by atoms with E-state index >= 15 is 0 Å². The third-order valence-electron chi connectivity index (χ3n) is 5.08. The lowest BCUT2D eigenvalue weighted by Crippen LogP contribution is -2.41. The number of fused-ring (bicyclic) bond motifs is 1. The lowest BCUT2D eigenvalue weighted by Gasteiger charge is -2.38. The van der Waals surface area contributed by atoms with Crippen LogP contribution in [-0.2, 0) is 10.0 Å². The molecule has 1 aliphatic rings. The molecular formula is C22H28N2O5S. The smallest absolute Gasteiger partial charge is 0.251 e. The number of hydrogen-bond acceptors (Lipinski definition) is 5. The number of carbonyl (C=O) groups excluding carboxylic acids is 1. The third-order valence-corrected chi connectivity index (χ3v) is 6.35. The Morgan fingerprint density at radius 3 is 2.47 bits per heavy atom. The average molecular weight is 433 g/mol. The number of amides is 1. The molecule has 1 aliphatic heterocycles. The van der Waals surface area contributed by atoms with Gasteiger partial charge in [-0.3, -0.25) is 9.10 Å². The summed E-state index contributed by atoms with van der Waals surface area (Å²) in [6, 6.07) is 11.9. The van der Waals surface area contributed by atoms with E-state index in [-0.39, 0.29) is 11.9 Å². The number of carbonyl (C=O) groups is 1. The Labute approximate surface area is 178 Å². The fourth-order valence-corrected chi connectivity index (χ4v) is 4.69. The lowest BCUT2D eigenvalue weighted by molar-refractivity contribution is 0.0618. The molecule has 0 bridgehead atoms. The quantitative estimate of drug-likeness (QED) is 0.755. The largest absolute Gasteiger partial charge is 0.497 e. The number of rotatable bonds is 6. The van der Waals surface area contributed by atoms with Crippen LogP contribution in [0.4, 0.5) is 5.69 Å². The Morgan fingerprint density at radius 1 is 1.23 bits per heavy atom. The van der Waals surface area contributed by atoms with Crippen molar-refractivity contribution in [3.8, 4) is 11.5 Å². The summed E-state index contributed by atoms with van der Waals surface area (Å²) >= 11 is 0. The summed E-state index contributed by atoms with van der Waals surface area (Å²) < 4.78 is 36.5. The second kappa shape index (κ2) is 8.18. The minimum Gasteiger partial charge on any atom is -0.497 e. The first-order valence-corrected chi connectivity index (χ1v) is 11.6. The van der Waals surface area contributed by atoms with Crippen molar-refractivity contribution in [2.45, 2.75) is 38.8 Å². The van der Waals surface area contributed by atoms with Crippen molar-refractivity contribution < 1.29 is 22.7 Å². The number of methoxy groups -OCH3 is 1. The molecule has 1 atom stereocenters. The van der Waals surface area contributed by atoms with E-state index < -0.39 is 15.6 Å². The van der Waals surface area contributed by atoms with Gasteiger partial charge < -0.3 is 14.8 Å². The standard InChI is InChI=1S/C22H28N2O5S/c1-6-24(30(5,26)27)16-9-7-15(8-10-16)21(25)23-19-14-22(2,3)29-20-12-11-17(28-4)13-18(19)20/h7-13,19H,6,14H2,1-5H3,(H,23,25)/t19-/m0/s1. The van der Waals surface area contributed by atoms with Gasteiger partial charge >= 0.3 is 0 Å². The van der Waals surface area contributed by atoms with Crippen LogP contribution >= 0.6 is 0 Å². The zero-order valence-corrected chi connectivity index (χ0v) is 18.7. The monoisotopic (exact) mass is 432 g/mol. The van der Waals surface area contributed by atoms with Gasteiger partial charge in [0.2, 0.25) is 10.0 Å². The van der Waals surface area contributed by atoms with Crippen LogP contribution in [0, 0.1) is 0 Å². The fraction of sp³-hybridized carbons (Fsp3) is 0.409. The third kappa shape index (κ3) is 4.70. The molecule has 0 saturated carbocycles. The molecule has 1 amide bonds. The highest BCUT2D eigenvalue weighted by molar-refractivity contribution is 7.92. The summed E-state index contributed by atoms with van der Waals surface area (Å²) in [5, 5.41) is 3.08. The Hall–Kier alpha value is -2.74. The molecule has 2 aromatic rings. The Kier molecular flexibility index (Phi) is 5.99. The van der Waals surface area contributed by atoms with Crippen LogP contribution in [0.15, 0.2) is 42.5 Å². The molecule has 0 aliphatic carbocycles. The normalized spacial score (nSPS) is 17.4. The van der Waals surface area contributed by atoms with Crippen LogP contribution in [0.1, 0.15) is 49.2 Å². The fourth-order valence-electron chi connectivity index (χ4n) is 3.72. The number of nitrogens with zero attached hydrogens (tertiary/aromatic N) is 1. The van der Waals surface area contributed by atoms with Crippen LogP contribution in [-0.4, -0.2) is 39.8 Å². The molecule has 1 heterocycles. The topological polar surface area (TPSA) is 84.9 Å². The van der Waals surface area contributed by atoms with Crippen LogP contribution in [0.5, 0.6) is 11.5 Å². The van der Waals surface area contributed by atoms with Gasteiger partial charge in [0.05, 0.1) is 25.1 Å². The molecule has 0 radical (unpaired) electrons. The zero-order valence-electron chi connectivity index (χ0n) is 17.9. The van der Waals surface area contributed by atoms with Crippen molar-refractivity contribution in [2.24, 2.45) is 0 Å². The van der Waals surface area contributed by atoms with Crippen molar-refractivity contribution in [1.82, 2.24) is 5.32 Å². The van der Waals surface area contributed by atoms with Gasteiger partial charge in [-0.05, 0) is 63.2 Å². The summed E-state index contributed by atoms with van der Waals surface area (Å²) in [6.07, 6.45) is 1.77. The number of nitrogens with one attached hydrogen (secondary N) is 1. The Morgan fingerprint density at radius 2 is 1.90 bits per heavy atom. The molecule has 7 nitrogen and oxygen atoms in total. The van der Waals surface area contributed by atoms with E-state index in [9.17, 15) is 13.2 Å². The molecule has 30 heavy (non-hydrogen) atoms. The molecule has 3 rings (SSSR count). The minimum atomic E-state index is -3.37. The average Bonchev–Trinajstić information content (AvgIpc) is 2.67. The molecule has 0 saturated heterocycles. The second-order valence-electron chi connectivity index (χ2n) is 7.97. The van der Waals surface area contributed by atoms with E-state index in [0.29, 0.717) is 30.0 Å².